The third-order valence-corrected chi connectivity index (χ3v) is 3.10. The number of anilines is 1. The van der Waals surface area contributed by atoms with Gasteiger partial charge in [-0.25, -0.2) is 4.98 Å². The number of fused-ring (bicyclic) bond motifs is 1. The molecule has 2 heterocycles. The van der Waals surface area contributed by atoms with E-state index in [1.807, 2.05) is 16.7 Å². The molecule has 20 heavy (non-hydrogen) atoms. The van der Waals surface area contributed by atoms with Gasteiger partial charge < -0.3 is 10.3 Å². The van der Waals surface area contributed by atoms with Crippen LogP contribution in [0.2, 0.25) is 5.28 Å². The van der Waals surface area contributed by atoms with Crippen molar-refractivity contribution in [1.82, 2.24) is 19.5 Å². The van der Waals surface area contributed by atoms with Crippen LogP contribution in [0.25, 0.3) is 11.2 Å². The molecule has 2 N–H and O–H groups in total. The second-order valence-electron chi connectivity index (χ2n) is 4.28. The molecule has 6 nitrogen and oxygen atoms in total. The van der Waals surface area contributed by atoms with Gasteiger partial charge in [0.05, 0.1) is 12.9 Å². The smallest absolute Gasteiger partial charge is 0.226 e. The molecule has 0 atom stereocenters. The van der Waals surface area contributed by atoms with Gasteiger partial charge in [0.1, 0.15) is 11.8 Å². The average molecular weight is 288 g/mol. The molecule has 2 aromatic heterocycles. The number of carbonyl (C=O) groups is 1. The summed E-state index contributed by atoms with van der Waals surface area (Å²) < 4.78 is 1.83. The molecule has 0 unspecified atom stereocenters. The molecule has 0 aliphatic rings. The molecule has 0 saturated carbocycles. The van der Waals surface area contributed by atoms with Gasteiger partial charge in [0.25, 0.3) is 0 Å². The summed E-state index contributed by atoms with van der Waals surface area (Å²) in [6, 6.07) is 7.28. The van der Waals surface area contributed by atoms with E-state index in [9.17, 15) is 4.79 Å². The van der Waals surface area contributed by atoms with Crippen molar-refractivity contribution in [2.45, 2.75) is 6.54 Å². The lowest BCUT2D eigenvalue weighted by atomic mass is 10.1. The zero-order valence-corrected chi connectivity index (χ0v) is 11.1. The number of nitrogen functional groups attached to an aromatic ring is 1. The van der Waals surface area contributed by atoms with E-state index < -0.39 is 0 Å². The molecule has 3 rings (SSSR count). The highest BCUT2D eigenvalue weighted by molar-refractivity contribution is 6.28. The maximum absolute atomic E-state index is 10.6. The normalized spacial score (nSPS) is 10.8. The first-order valence-electron chi connectivity index (χ1n) is 5.85. The van der Waals surface area contributed by atoms with Crippen molar-refractivity contribution in [3.05, 3.63) is 47.0 Å². The van der Waals surface area contributed by atoms with Crippen LogP contribution >= 0.6 is 11.6 Å². The van der Waals surface area contributed by atoms with Crippen LogP contribution in [0.15, 0.2) is 30.6 Å². The van der Waals surface area contributed by atoms with Crippen LogP contribution in [0, 0.1) is 0 Å². The minimum atomic E-state index is 0.0908. The molecule has 0 bridgehead atoms. The highest BCUT2D eigenvalue weighted by Gasteiger charge is 2.10. The maximum Gasteiger partial charge on any atom is 0.226 e. The van der Waals surface area contributed by atoms with Crippen LogP contribution in [0.1, 0.15) is 15.9 Å². The van der Waals surface area contributed by atoms with E-state index in [2.05, 4.69) is 15.0 Å². The van der Waals surface area contributed by atoms with Crippen molar-refractivity contribution >= 4 is 34.9 Å². The topological polar surface area (TPSA) is 86.7 Å². The van der Waals surface area contributed by atoms with Gasteiger partial charge in [-0.05, 0) is 17.2 Å². The summed E-state index contributed by atoms with van der Waals surface area (Å²) in [5.74, 6) is 0.259. The van der Waals surface area contributed by atoms with E-state index in [1.54, 1.807) is 18.5 Å². The van der Waals surface area contributed by atoms with E-state index in [4.69, 9.17) is 17.3 Å². The zero-order chi connectivity index (χ0) is 14.1. The number of benzene rings is 1. The van der Waals surface area contributed by atoms with Gasteiger partial charge >= 0.3 is 0 Å². The Morgan fingerprint density at radius 3 is 2.70 bits per heavy atom. The number of imidazole rings is 1. The quantitative estimate of drug-likeness (QED) is 0.587. The Kier molecular flexibility index (Phi) is 3.08. The molecule has 0 spiro atoms. The van der Waals surface area contributed by atoms with Gasteiger partial charge in [-0.2, -0.15) is 9.97 Å². The third kappa shape index (κ3) is 2.21. The lowest BCUT2D eigenvalue weighted by Crippen LogP contribution is -2.01. The molecule has 0 amide bonds. The lowest BCUT2D eigenvalue weighted by molar-refractivity contribution is 0.112. The maximum atomic E-state index is 10.6. The van der Waals surface area contributed by atoms with E-state index in [-0.39, 0.29) is 11.1 Å². The first-order valence-corrected chi connectivity index (χ1v) is 6.23. The highest BCUT2D eigenvalue weighted by atomic mass is 35.5. The first kappa shape index (κ1) is 12.6. The fourth-order valence-corrected chi connectivity index (χ4v) is 2.12. The standard InChI is InChI=1S/C13H10ClN5O/c14-13-17-11(15)10-12(18-13)19(7-16-10)5-8-1-3-9(6-20)4-2-8/h1-4,6-7H,5H2,(H2,15,17,18). The number of nitrogens with two attached hydrogens (primary N) is 1. The number of aromatic nitrogens is 4. The molecule has 1 aromatic carbocycles. The second-order valence-corrected chi connectivity index (χ2v) is 4.62. The van der Waals surface area contributed by atoms with Gasteiger partial charge in [0.2, 0.25) is 5.28 Å². The van der Waals surface area contributed by atoms with Gasteiger partial charge in [-0.1, -0.05) is 24.3 Å². The number of nitrogens with zero attached hydrogens (tertiary/aromatic N) is 4. The number of halogens is 1. The highest BCUT2D eigenvalue weighted by Crippen LogP contribution is 2.19. The zero-order valence-electron chi connectivity index (χ0n) is 10.3. The van der Waals surface area contributed by atoms with Crippen molar-refractivity contribution < 1.29 is 4.79 Å². The number of rotatable bonds is 3. The van der Waals surface area contributed by atoms with Crippen LogP contribution in [-0.2, 0) is 6.54 Å². The summed E-state index contributed by atoms with van der Waals surface area (Å²) in [7, 11) is 0. The van der Waals surface area contributed by atoms with Crippen molar-refractivity contribution in [2.24, 2.45) is 0 Å². The summed E-state index contributed by atoms with van der Waals surface area (Å²) in [5.41, 5.74) is 8.52. The molecule has 0 radical (unpaired) electrons. The molecule has 3 aromatic rings. The minimum absolute atomic E-state index is 0.0908. The van der Waals surface area contributed by atoms with Crippen LogP contribution in [0.3, 0.4) is 0 Å². The Morgan fingerprint density at radius 2 is 2.00 bits per heavy atom. The number of hydrogen-bond acceptors (Lipinski definition) is 5. The molecule has 0 saturated heterocycles. The number of hydrogen-bond donors (Lipinski definition) is 1. The van der Waals surface area contributed by atoms with Crippen LogP contribution in [0.5, 0.6) is 0 Å². The van der Waals surface area contributed by atoms with Crippen LogP contribution in [-0.4, -0.2) is 25.8 Å². The molecular formula is C13H10ClN5O. The Bertz CT molecular complexity index is 781. The third-order valence-electron chi connectivity index (χ3n) is 2.93. The minimum Gasteiger partial charge on any atom is -0.382 e. The summed E-state index contributed by atoms with van der Waals surface area (Å²) in [5, 5.41) is 0.0908. The molecule has 100 valence electrons. The van der Waals surface area contributed by atoms with Crippen molar-refractivity contribution in [3.63, 3.8) is 0 Å². The molecule has 0 fully saturated rings. The summed E-state index contributed by atoms with van der Waals surface area (Å²) in [4.78, 5) is 22.8. The van der Waals surface area contributed by atoms with Crippen LogP contribution < -0.4 is 5.73 Å². The van der Waals surface area contributed by atoms with Crippen molar-refractivity contribution in [2.75, 3.05) is 5.73 Å². The Balaban J connectivity index is 1.99. The van der Waals surface area contributed by atoms with E-state index in [1.165, 1.54) is 0 Å². The predicted octanol–water partition coefficient (Wildman–Crippen LogP) is 1.92. The van der Waals surface area contributed by atoms with Gasteiger partial charge in [-0.15, -0.1) is 0 Å². The Hall–Kier alpha value is -2.47. The monoisotopic (exact) mass is 287 g/mol. The summed E-state index contributed by atoms with van der Waals surface area (Å²) in [6.07, 6.45) is 2.45. The lowest BCUT2D eigenvalue weighted by Gasteiger charge is -2.04. The molecule has 0 aliphatic heterocycles. The summed E-state index contributed by atoms with van der Waals surface area (Å²) in [6.45, 7) is 0.558. The average Bonchev–Trinajstić information content (AvgIpc) is 2.83. The number of aldehydes is 1. The predicted molar refractivity (Wildman–Crippen MR) is 75.7 cm³/mol. The van der Waals surface area contributed by atoms with Crippen molar-refractivity contribution in [1.29, 1.82) is 0 Å². The SMILES string of the molecule is Nc1nc(Cl)nc2c1ncn2Cc1ccc(C=O)cc1. The van der Waals surface area contributed by atoms with Crippen LogP contribution in [0.4, 0.5) is 5.82 Å². The van der Waals surface area contributed by atoms with E-state index in [0.717, 1.165) is 11.8 Å². The number of carbonyl (C=O) groups excluding carboxylic acids is 1. The second kappa shape index (κ2) is 4.90. The van der Waals surface area contributed by atoms with Gasteiger partial charge in [0, 0.05) is 5.56 Å². The fourth-order valence-electron chi connectivity index (χ4n) is 1.95. The van der Waals surface area contributed by atoms with E-state index in [0.29, 0.717) is 23.3 Å². The van der Waals surface area contributed by atoms with Gasteiger partial charge in [-0.3, -0.25) is 4.79 Å². The van der Waals surface area contributed by atoms with E-state index >= 15 is 0 Å². The fraction of sp³-hybridized carbons (Fsp3) is 0.0769. The largest absolute Gasteiger partial charge is 0.382 e. The molecule has 0 aliphatic carbocycles. The summed E-state index contributed by atoms with van der Waals surface area (Å²) >= 11 is 5.81. The van der Waals surface area contributed by atoms with Gasteiger partial charge in [0.15, 0.2) is 11.5 Å². The molecular weight excluding hydrogens is 278 g/mol. The Morgan fingerprint density at radius 1 is 1.25 bits per heavy atom. The first-order chi connectivity index (χ1) is 9.67. The Labute approximate surface area is 119 Å². The van der Waals surface area contributed by atoms with Crippen molar-refractivity contribution in [3.8, 4) is 0 Å². The molecule has 7 heteroatoms.